The third-order valence-corrected chi connectivity index (χ3v) is 4.40. The number of H-pyrrole nitrogens is 1. The van der Waals surface area contributed by atoms with E-state index in [9.17, 15) is 0 Å². The van der Waals surface area contributed by atoms with Crippen LogP contribution in [0.2, 0.25) is 5.15 Å². The number of halogens is 1. The van der Waals surface area contributed by atoms with Crippen molar-refractivity contribution in [1.82, 2.24) is 25.4 Å². The van der Waals surface area contributed by atoms with Crippen molar-refractivity contribution in [2.75, 3.05) is 18.0 Å². The van der Waals surface area contributed by atoms with Crippen molar-refractivity contribution in [3.8, 4) is 11.4 Å². The van der Waals surface area contributed by atoms with E-state index in [1.165, 1.54) is 0 Å². The molecule has 0 saturated carbocycles. The van der Waals surface area contributed by atoms with Crippen LogP contribution in [-0.4, -0.2) is 44.5 Å². The number of nitrogens with two attached hydrogens (primary N) is 1. The van der Waals surface area contributed by atoms with Crippen LogP contribution in [0.3, 0.4) is 0 Å². The normalized spacial score (nSPS) is 18.0. The van der Waals surface area contributed by atoms with E-state index in [4.69, 9.17) is 17.3 Å². The highest BCUT2D eigenvalue weighted by molar-refractivity contribution is 6.31. The Balaban J connectivity index is 1.77. The molecule has 4 rings (SSSR count). The Hall–Kier alpha value is -2.25. The molecule has 7 nitrogen and oxygen atoms in total. The molecule has 0 spiro atoms. The highest BCUT2D eigenvalue weighted by atomic mass is 35.5. The Morgan fingerprint density at radius 2 is 2.22 bits per heavy atom. The van der Waals surface area contributed by atoms with Crippen molar-refractivity contribution in [2.45, 2.75) is 19.4 Å². The first-order valence-electron chi connectivity index (χ1n) is 7.47. The van der Waals surface area contributed by atoms with Gasteiger partial charge in [0.2, 0.25) is 0 Å². The van der Waals surface area contributed by atoms with Gasteiger partial charge in [-0.25, -0.2) is 4.98 Å². The maximum Gasteiger partial charge on any atom is 0.194 e. The number of aromatic amines is 1. The topological polar surface area (TPSA) is 96.6 Å². The standard InChI is InChI=1S/C15H16ClN7/c1-8-11-6-9(2-3-12(11)20-19-8)14-18-15(13(16)21-22-14)23-5-4-10(17)7-23/h2-3,6,10H,4-5,7,17H2,1H3,(H,19,20). The van der Waals surface area contributed by atoms with Crippen molar-refractivity contribution in [3.63, 3.8) is 0 Å². The number of rotatable bonds is 2. The van der Waals surface area contributed by atoms with Crippen LogP contribution in [0.5, 0.6) is 0 Å². The van der Waals surface area contributed by atoms with Gasteiger partial charge in [-0.2, -0.15) is 5.10 Å². The van der Waals surface area contributed by atoms with Gasteiger partial charge in [0.25, 0.3) is 0 Å². The number of aryl methyl sites for hydroxylation is 1. The maximum absolute atomic E-state index is 6.18. The summed E-state index contributed by atoms with van der Waals surface area (Å²) in [5.41, 5.74) is 8.78. The summed E-state index contributed by atoms with van der Waals surface area (Å²) in [5, 5.41) is 16.8. The zero-order valence-corrected chi connectivity index (χ0v) is 13.4. The van der Waals surface area contributed by atoms with Gasteiger partial charge in [0.15, 0.2) is 16.8 Å². The SMILES string of the molecule is Cc1[nH]nc2ccc(-c3nnc(Cl)c(N4CCC(N)C4)n3)cc12. The van der Waals surface area contributed by atoms with E-state index in [0.29, 0.717) is 16.8 Å². The van der Waals surface area contributed by atoms with Gasteiger partial charge >= 0.3 is 0 Å². The zero-order chi connectivity index (χ0) is 16.0. The highest BCUT2D eigenvalue weighted by Gasteiger charge is 2.24. The number of hydrogen-bond acceptors (Lipinski definition) is 6. The molecular weight excluding hydrogens is 314 g/mol. The Morgan fingerprint density at radius 3 is 3.00 bits per heavy atom. The minimum atomic E-state index is 0.148. The number of hydrogen-bond donors (Lipinski definition) is 2. The molecule has 3 N–H and O–H groups in total. The molecule has 1 aromatic carbocycles. The summed E-state index contributed by atoms with van der Waals surface area (Å²) in [5.74, 6) is 1.20. The molecule has 3 aromatic rings. The minimum absolute atomic E-state index is 0.148. The van der Waals surface area contributed by atoms with Crippen molar-refractivity contribution in [1.29, 1.82) is 0 Å². The van der Waals surface area contributed by atoms with E-state index in [0.717, 1.165) is 41.7 Å². The molecule has 2 aromatic heterocycles. The summed E-state index contributed by atoms with van der Waals surface area (Å²) < 4.78 is 0. The highest BCUT2D eigenvalue weighted by Crippen LogP contribution is 2.28. The Bertz CT molecular complexity index is 875. The lowest BCUT2D eigenvalue weighted by molar-refractivity contribution is 0.751. The molecule has 1 saturated heterocycles. The van der Waals surface area contributed by atoms with Gasteiger partial charge < -0.3 is 10.6 Å². The van der Waals surface area contributed by atoms with Crippen LogP contribution in [0.15, 0.2) is 18.2 Å². The van der Waals surface area contributed by atoms with E-state index in [1.54, 1.807) is 0 Å². The van der Waals surface area contributed by atoms with Crippen LogP contribution in [0.1, 0.15) is 12.1 Å². The average molecular weight is 330 g/mol. The molecule has 1 atom stereocenters. The predicted octanol–water partition coefficient (Wildman–Crippen LogP) is 1.91. The quantitative estimate of drug-likeness (QED) is 0.745. The number of anilines is 1. The third-order valence-electron chi connectivity index (χ3n) is 4.16. The molecule has 118 valence electrons. The van der Waals surface area contributed by atoms with Crippen molar-refractivity contribution >= 4 is 28.3 Å². The number of nitrogens with one attached hydrogen (secondary N) is 1. The fraction of sp³-hybridized carbons (Fsp3) is 0.333. The Morgan fingerprint density at radius 1 is 1.35 bits per heavy atom. The van der Waals surface area contributed by atoms with Gasteiger partial charge in [0.1, 0.15) is 0 Å². The second kappa shape index (κ2) is 5.43. The molecule has 1 aliphatic heterocycles. The molecule has 0 radical (unpaired) electrons. The molecule has 0 bridgehead atoms. The van der Waals surface area contributed by atoms with Crippen LogP contribution in [0, 0.1) is 6.92 Å². The number of aromatic nitrogens is 5. The summed E-state index contributed by atoms with van der Waals surface area (Å²) in [4.78, 5) is 6.68. The smallest absolute Gasteiger partial charge is 0.194 e. The van der Waals surface area contributed by atoms with Gasteiger partial charge in [-0.1, -0.05) is 11.6 Å². The Labute approximate surface area is 137 Å². The second-order valence-corrected chi connectivity index (χ2v) is 6.18. The van der Waals surface area contributed by atoms with Crippen molar-refractivity contribution in [2.24, 2.45) is 5.73 Å². The molecule has 0 amide bonds. The largest absolute Gasteiger partial charge is 0.352 e. The molecule has 23 heavy (non-hydrogen) atoms. The first kappa shape index (κ1) is 14.3. The average Bonchev–Trinajstić information content (AvgIpc) is 3.14. The summed E-state index contributed by atoms with van der Waals surface area (Å²) >= 11 is 6.18. The second-order valence-electron chi connectivity index (χ2n) is 5.83. The van der Waals surface area contributed by atoms with Crippen LogP contribution in [0.4, 0.5) is 5.82 Å². The summed E-state index contributed by atoms with van der Waals surface area (Å²) in [7, 11) is 0. The van der Waals surface area contributed by atoms with Gasteiger partial charge in [-0.15, -0.1) is 10.2 Å². The first-order valence-corrected chi connectivity index (χ1v) is 7.85. The van der Waals surface area contributed by atoms with Crippen LogP contribution in [0.25, 0.3) is 22.3 Å². The van der Waals surface area contributed by atoms with E-state index in [-0.39, 0.29) is 6.04 Å². The van der Waals surface area contributed by atoms with Crippen molar-refractivity contribution in [3.05, 3.63) is 29.0 Å². The van der Waals surface area contributed by atoms with E-state index < -0.39 is 0 Å². The maximum atomic E-state index is 6.18. The van der Waals surface area contributed by atoms with Crippen LogP contribution in [-0.2, 0) is 0 Å². The number of nitrogens with zero attached hydrogens (tertiary/aromatic N) is 5. The molecule has 1 aliphatic rings. The summed E-state index contributed by atoms with van der Waals surface area (Å²) in [6, 6.07) is 6.04. The number of benzene rings is 1. The Kier molecular flexibility index (Phi) is 3.39. The van der Waals surface area contributed by atoms with E-state index in [1.807, 2.05) is 25.1 Å². The molecule has 0 aliphatic carbocycles. The lowest BCUT2D eigenvalue weighted by Gasteiger charge is -2.17. The van der Waals surface area contributed by atoms with Crippen LogP contribution >= 0.6 is 11.6 Å². The molecular formula is C15H16ClN7. The molecule has 8 heteroatoms. The fourth-order valence-corrected chi connectivity index (χ4v) is 3.08. The molecule has 3 heterocycles. The first-order chi connectivity index (χ1) is 11.1. The van der Waals surface area contributed by atoms with E-state index >= 15 is 0 Å². The third kappa shape index (κ3) is 2.51. The summed E-state index contributed by atoms with van der Waals surface area (Å²) in [6.07, 6.45) is 0.926. The molecule has 1 unspecified atom stereocenters. The predicted molar refractivity (Wildman–Crippen MR) is 89.5 cm³/mol. The van der Waals surface area contributed by atoms with E-state index in [2.05, 4.69) is 30.3 Å². The lowest BCUT2D eigenvalue weighted by atomic mass is 10.1. The van der Waals surface area contributed by atoms with Gasteiger partial charge in [-0.3, -0.25) is 5.10 Å². The van der Waals surface area contributed by atoms with Crippen molar-refractivity contribution < 1.29 is 0 Å². The summed E-state index contributed by atoms with van der Waals surface area (Å²) in [6.45, 7) is 3.55. The fourth-order valence-electron chi connectivity index (χ4n) is 2.89. The van der Waals surface area contributed by atoms with Gasteiger partial charge in [-0.05, 0) is 31.5 Å². The van der Waals surface area contributed by atoms with Gasteiger partial charge in [0.05, 0.1) is 5.52 Å². The molecule has 1 fully saturated rings. The minimum Gasteiger partial charge on any atom is -0.352 e. The monoisotopic (exact) mass is 329 g/mol. The van der Waals surface area contributed by atoms with Crippen LogP contribution < -0.4 is 10.6 Å². The van der Waals surface area contributed by atoms with Gasteiger partial charge in [0, 0.05) is 35.8 Å². The lowest BCUT2D eigenvalue weighted by Crippen LogP contribution is -2.27. The zero-order valence-electron chi connectivity index (χ0n) is 12.6. The number of fused-ring (bicyclic) bond motifs is 1.